The Labute approximate surface area is 248 Å². The van der Waals surface area contributed by atoms with Crippen LogP contribution in [0, 0.1) is 11.7 Å². The topological polar surface area (TPSA) is 136 Å². The van der Waals surface area contributed by atoms with E-state index in [1.165, 1.54) is 12.1 Å². The molecule has 0 radical (unpaired) electrons. The third kappa shape index (κ3) is 7.02. The fraction of sp³-hybridized carbons (Fsp3) is 0.281. The molecule has 10 nitrogen and oxygen atoms in total. The van der Waals surface area contributed by atoms with Crippen LogP contribution in [0.3, 0.4) is 0 Å². The monoisotopic (exact) mass is 588 g/mol. The summed E-state index contributed by atoms with van der Waals surface area (Å²) in [4.78, 5) is 29.7. The average Bonchev–Trinajstić information content (AvgIpc) is 3.03. The maximum absolute atomic E-state index is 15.4. The molecule has 0 bridgehead atoms. The van der Waals surface area contributed by atoms with E-state index in [0.29, 0.717) is 46.2 Å². The molecule has 1 atom stereocenters. The van der Waals surface area contributed by atoms with E-state index in [1.54, 1.807) is 61.8 Å². The number of nitrogens with two attached hydrogens (primary N) is 1. The van der Waals surface area contributed by atoms with E-state index in [-0.39, 0.29) is 18.0 Å². The standard InChI is InChI=1S/C32H33FN4O6/c1-41-29-16-23-25(17-30(29)42-19-20-9-12-35-13-10-20)36-14-11-27(23)43-28-8-7-22(15-24(28)33)37(32(40)31(34)39)18-26(38)21-5-3-2-4-6-21/h2-8,11,14-17,20,26,35,38H,9-10,12-13,18-19H2,1H3,(H2,34,39). The second kappa shape index (κ2) is 13.5. The van der Waals surface area contributed by atoms with Gasteiger partial charge in [0.05, 0.1) is 31.9 Å². The van der Waals surface area contributed by atoms with Gasteiger partial charge in [-0.25, -0.2) is 4.39 Å². The van der Waals surface area contributed by atoms with Crippen molar-refractivity contribution >= 4 is 28.4 Å². The van der Waals surface area contributed by atoms with Crippen molar-refractivity contribution < 1.29 is 33.3 Å². The van der Waals surface area contributed by atoms with Gasteiger partial charge in [0.15, 0.2) is 23.1 Å². The van der Waals surface area contributed by atoms with Crippen LogP contribution < -0.4 is 30.2 Å². The number of aliphatic hydroxyl groups is 1. The van der Waals surface area contributed by atoms with Gasteiger partial charge in [-0.2, -0.15) is 0 Å². The highest BCUT2D eigenvalue weighted by Gasteiger charge is 2.25. The first-order chi connectivity index (χ1) is 20.8. The molecule has 4 N–H and O–H groups in total. The lowest BCUT2D eigenvalue weighted by atomic mass is 9.99. The SMILES string of the molecule is COc1cc2c(Oc3ccc(N(CC(O)c4ccccc4)C(=O)C(N)=O)cc3F)ccnc2cc1OCC1CCNCC1. The number of halogens is 1. The van der Waals surface area contributed by atoms with Crippen molar-refractivity contribution in [3.63, 3.8) is 0 Å². The molecule has 43 heavy (non-hydrogen) atoms. The van der Waals surface area contributed by atoms with Gasteiger partial charge < -0.3 is 35.3 Å². The van der Waals surface area contributed by atoms with Crippen molar-refractivity contribution in [1.82, 2.24) is 10.3 Å². The zero-order chi connectivity index (χ0) is 30.3. The molecule has 0 aliphatic carbocycles. The largest absolute Gasteiger partial charge is 0.493 e. The molecule has 1 fully saturated rings. The van der Waals surface area contributed by atoms with Gasteiger partial charge in [-0.05, 0) is 61.7 Å². The van der Waals surface area contributed by atoms with Gasteiger partial charge >= 0.3 is 11.8 Å². The van der Waals surface area contributed by atoms with Gasteiger partial charge in [-0.15, -0.1) is 0 Å². The molecule has 0 saturated carbocycles. The highest BCUT2D eigenvalue weighted by Crippen LogP contribution is 2.38. The van der Waals surface area contributed by atoms with E-state index >= 15 is 4.39 Å². The van der Waals surface area contributed by atoms with Crippen LogP contribution in [0.15, 0.2) is 72.9 Å². The Hall–Kier alpha value is -4.74. The molecule has 0 spiro atoms. The molecule has 1 aromatic heterocycles. The number of amides is 2. The molecule has 224 valence electrons. The van der Waals surface area contributed by atoms with Crippen LogP contribution in [0.4, 0.5) is 10.1 Å². The molecule has 5 rings (SSSR count). The molecule has 1 saturated heterocycles. The third-order valence-corrected chi connectivity index (χ3v) is 7.36. The summed E-state index contributed by atoms with van der Waals surface area (Å²) in [7, 11) is 1.54. The van der Waals surface area contributed by atoms with Gasteiger partial charge in [-0.1, -0.05) is 30.3 Å². The summed E-state index contributed by atoms with van der Waals surface area (Å²) < 4.78 is 33.0. The second-order valence-corrected chi connectivity index (χ2v) is 10.3. The number of rotatable bonds is 10. The number of aromatic nitrogens is 1. The fourth-order valence-corrected chi connectivity index (χ4v) is 5.00. The lowest BCUT2D eigenvalue weighted by Crippen LogP contribution is -2.42. The first-order valence-corrected chi connectivity index (χ1v) is 14.0. The second-order valence-electron chi connectivity index (χ2n) is 10.3. The van der Waals surface area contributed by atoms with Crippen LogP contribution in [0.25, 0.3) is 10.9 Å². The van der Waals surface area contributed by atoms with Gasteiger partial charge in [0.25, 0.3) is 0 Å². The van der Waals surface area contributed by atoms with Crippen LogP contribution in [0.5, 0.6) is 23.0 Å². The number of ether oxygens (including phenoxy) is 3. The maximum Gasteiger partial charge on any atom is 0.316 e. The highest BCUT2D eigenvalue weighted by molar-refractivity contribution is 6.39. The minimum absolute atomic E-state index is 0.0282. The average molecular weight is 589 g/mol. The Kier molecular flexibility index (Phi) is 9.33. The minimum Gasteiger partial charge on any atom is -0.493 e. The number of fused-ring (bicyclic) bond motifs is 1. The summed E-state index contributed by atoms with van der Waals surface area (Å²) in [5.41, 5.74) is 6.36. The maximum atomic E-state index is 15.4. The van der Waals surface area contributed by atoms with Crippen molar-refractivity contribution in [3.8, 4) is 23.0 Å². The molecule has 4 aromatic rings. The smallest absolute Gasteiger partial charge is 0.316 e. The number of carbonyl (C=O) groups is 2. The summed E-state index contributed by atoms with van der Waals surface area (Å²) in [6, 6.07) is 17.5. The number of nitrogens with zero attached hydrogens (tertiary/aromatic N) is 2. The van der Waals surface area contributed by atoms with Crippen LogP contribution in [-0.2, 0) is 9.59 Å². The van der Waals surface area contributed by atoms with Crippen molar-refractivity contribution in [2.75, 3.05) is 38.3 Å². The Bertz CT molecular complexity index is 1600. The Morgan fingerprint density at radius 2 is 1.81 bits per heavy atom. The first kappa shape index (κ1) is 29.7. The van der Waals surface area contributed by atoms with E-state index < -0.39 is 23.7 Å². The van der Waals surface area contributed by atoms with Gasteiger partial charge in [0.2, 0.25) is 0 Å². The number of hydrogen-bond acceptors (Lipinski definition) is 8. The number of methoxy groups -OCH3 is 1. The van der Waals surface area contributed by atoms with E-state index in [9.17, 15) is 14.7 Å². The van der Waals surface area contributed by atoms with Crippen molar-refractivity contribution in [1.29, 1.82) is 0 Å². The number of anilines is 1. The van der Waals surface area contributed by atoms with Crippen LogP contribution in [-0.4, -0.2) is 55.3 Å². The Balaban J connectivity index is 1.38. The van der Waals surface area contributed by atoms with Crippen molar-refractivity contribution in [2.24, 2.45) is 11.7 Å². The number of aliphatic hydroxyl groups excluding tert-OH is 1. The predicted molar refractivity (Wildman–Crippen MR) is 159 cm³/mol. The lowest BCUT2D eigenvalue weighted by Gasteiger charge is -2.25. The van der Waals surface area contributed by atoms with Crippen molar-refractivity contribution in [2.45, 2.75) is 18.9 Å². The molecule has 2 amide bonds. The molecule has 2 heterocycles. The fourth-order valence-electron chi connectivity index (χ4n) is 5.00. The molecule has 1 unspecified atom stereocenters. The molecule has 1 aliphatic heterocycles. The number of carbonyl (C=O) groups excluding carboxylic acids is 2. The van der Waals surface area contributed by atoms with E-state index in [0.717, 1.165) is 36.9 Å². The summed E-state index contributed by atoms with van der Waals surface area (Å²) in [6.45, 7) is 2.19. The molecule has 11 heteroatoms. The normalized spacial score (nSPS) is 14.2. The molecular formula is C32H33FN4O6. The minimum atomic E-state index is -1.24. The number of primary amides is 1. The summed E-state index contributed by atoms with van der Waals surface area (Å²) >= 11 is 0. The number of hydrogen-bond donors (Lipinski definition) is 3. The number of piperidine rings is 1. The molecule has 3 aromatic carbocycles. The van der Waals surface area contributed by atoms with Crippen molar-refractivity contribution in [3.05, 3.63) is 84.3 Å². The predicted octanol–water partition coefficient (Wildman–Crippen LogP) is 4.11. The third-order valence-electron chi connectivity index (χ3n) is 7.36. The van der Waals surface area contributed by atoms with Gasteiger partial charge in [0.1, 0.15) is 5.75 Å². The molecule has 1 aliphatic rings. The van der Waals surface area contributed by atoms with E-state index in [1.807, 2.05) is 0 Å². The quantitative estimate of drug-likeness (QED) is 0.236. The number of pyridine rings is 1. The molecular weight excluding hydrogens is 555 g/mol. The van der Waals surface area contributed by atoms with E-state index in [4.69, 9.17) is 19.9 Å². The highest BCUT2D eigenvalue weighted by atomic mass is 19.1. The Morgan fingerprint density at radius 3 is 2.51 bits per heavy atom. The summed E-state index contributed by atoms with van der Waals surface area (Å²) in [5.74, 6) is -1.43. The van der Waals surface area contributed by atoms with Crippen LogP contribution >= 0.6 is 0 Å². The number of benzene rings is 3. The van der Waals surface area contributed by atoms with Gasteiger partial charge in [0, 0.05) is 29.4 Å². The lowest BCUT2D eigenvalue weighted by molar-refractivity contribution is -0.135. The van der Waals surface area contributed by atoms with Crippen LogP contribution in [0.1, 0.15) is 24.5 Å². The Morgan fingerprint density at radius 1 is 1.05 bits per heavy atom. The first-order valence-electron chi connectivity index (χ1n) is 14.0. The van der Waals surface area contributed by atoms with E-state index in [2.05, 4.69) is 10.3 Å². The zero-order valence-electron chi connectivity index (χ0n) is 23.7. The van der Waals surface area contributed by atoms with Crippen LogP contribution in [0.2, 0.25) is 0 Å². The summed E-state index contributed by atoms with van der Waals surface area (Å²) in [5, 5.41) is 14.6. The summed E-state index contributed by atoms with van der Waals surface area (Å²) in [6.07, 6.45) is 2.48. The number of nitrogens with one attached hydrogen (secondary N) is 1. The zero-order valence-corrected chi connectivity index (χ0v) is 23.7. The van der Waals surface area contributed by atoms with Gasteiger partial charge in [-0.3, -0.25) is 14.6 Å².